The number of imidazole rings is 1. The summed E-state index contributed by atoms with van der Waals surface area (Å²) in [4.78, 5) is 9.09. The van der Waals surface area contributed by atoms with E-state index in [0.717, 1.165) is 16.9 Å². The second-order valence-electron chi connectivity index (χ2n) is 5.30. The number of thioether (sulfide) groups is 1. The van der Waals surface area contributed by atoms with Crippen LogP contribution in [0.15, 0.2) is 53.9 Å². The molecule has 4 rings (SSSR count). The van der Waals surface area contributed by atoms with Crippen molar-refractivity contribution in [3.8, 4) is 17.1 Å². The third-order valence-electron chi connectivity index (χ3n) is 3.64. The van der Waals surface area contributed by atoms with Crippen LogP contribution in [0.3, 0.4) is 0 Å². The summed E-state index contributed by atoms with van der Waals surface area (Å²) >= 11 is 7.60. The Morgan fingerprint density at radius 2 is 2.16 bits per heavy atom. The number of aromatic amines is 1. The van der Waals surface area contributed by atoms with Crippen LogP contribution in [0.5, 0.6) is 5.75 Å². The number of methoxy groups -OCH3 is 1. The standard InChI is InChI=1S/C17H14ClN5OS/c1-24-14-6-5-11(18)8-13(14)16-20-17(22-21-16)25-10-12-9-23-7-3-2-4-15(23)19-12/h2-9H,10H2,1H3,(H,20,21,22). The molecule has 0 aliphatic rings. The average Bonchev–Trinajstić information content (AvgIpc) is 3.26. The second-order valence-corrected chi connectivity index (χ2v) is 6.68. The first-order chi connectivity index (χ1) is 12.2. The number of nitrogens with zero attached hydrogens (tertiary/aromatic N) is 4. The zero-order chi connectivity index (χ0) is 17.2. The van der Waals surface area contributed by atoms with Gasteiger partial charge < -0.3 is 9.14 Å². The zero-order valence-corrected chi connectivity index (χ0v) is 14.9. The van der Waals surface area contributed by atoms with Gasteiger partial charge in [-0.2, -0.15) is 0 Å². The molecule has 126 valence electrons. The molecule has 1 N–H and O–H groups in total. The van der Waals surface area contributed by atoms with Gasteiger partial charge in [-0.3, -0.25) is 5.10 Å². The summed E-state index contributed by atoms with van der Waals surface area (Å²) < 4.78 is 7.36. The molecule has 1 aromatic carbocycles. The van der Waals surface area contributed by atoms with Crippen molar-refractivity contribution in [1.29, 1.82) is 0 Å². The van der Waals surface area contributed by atoms with E-state index in [0.29, 0.717) is 27.5 Å². The maximum Gasteiger partial charge on any atom is 0.209 e. The van der Waals surface area contributed by atoms with Gasteiger partial charge in [0.25, 0.3) is 0 Å². The Hall–Kier alpha value is -2.51. The van der Waals surface area contributed by atoms with Crippen LogP contribution in [0, 0.1) is 0 Å². The fraction of sp³-hybridized carbons (Fsp3) is 0.118. The molecule has 0 amide bonds. The van der Waals surface area contributed by atoms with E-state index >= 15 is 0 Å². The number of hydrogen-bond acceptors (Lipinski definition) is 5. The summed E-state index contributed by atoms with van der Waals surface area (Å²) in [6.07, 6.45) is 3.99. The number of fused-ring (bicyclic) bond motifs is 1. The fourth-order valence-corrected chi connectivity index (χ4v) is 3.35. The Balaban J connectivity index is 1.52. The van der Waals surface area contributed by atoms with Crippen LogP contribution in [0.25, 0.3) is 17.0 Å². The minimum absolute atomic E-state index is 0.617. The average molecular weight is 372 g/mol. The normalized spacial score (nSPS) is 11.1. The first-order valence-electron chi connectivity index (χ1n) is 7.54. The largest absolute Gasteiger partial charge is 0.496 e. The highest BCUT2D eigenvalue weighted by Gasteiger charge is 2.12. The van der Waals surface area contributed by atoms with E-state index < -0.39 is 0 Å². The van der Waals surface area contributed by atoms with E-state index in [-0.39, 0.29) is 0 Å². The highest BCUT2D eigenvalue weighted by atomic mass is 35.5. The molecular weight excluding hydrogens is 358 g/mol. The van der Waals surface area contributed by atoms with E-state index in [4.69, 9.17) is 16.3 Å². The molecule has 0 bridgehead atoms. The van der Waals surface area contributed by atoms with Crippen molar-refractivity contribution < 1.29 is 4.74 Å². The molecule has 0 aliphatic carbocycles. The number of aromatic nitrogens is 5. The maximum absolute atomic E-state index is 6.08. The Bertz CT molecular complexity index is 996. The predicted octanol–water partition coefficient (Wildman–Crippen LogP) is 4.07. The van der Waals surface area contributed by atoms with Crippen molar-refractivity contribution in [1.82, 2.24) is 24.6 Å². The van der Waals surface area contributed by atoms with Gasteiger partial charge in [0.15, 0.2) is 5.82 Å². The quantitative estimate of drug-likeness (QED) is 0.535. The maximum atomic E-state index is 6.08. The molecule has 3 heterocycles. The molecule has 0 saturated carbocycles. The van der Waals surface area contributed by atoms with Crippen LogP contribution in [0.2, 0.25) is 5.02 Å². The van der Waals surface area contributed by atoms with Gasteiger partial charge >= 0.3 is 0 Å². The second kappa shape index (κ2) is 6.78. The molecule has 8 heteroatoms. The van der Waals surface area contributed by atoms with Gasteiger partial charge in [0, 0.05) is 23.2 Å². The van der Waals surface area contributed by atoms with Crippen LogP contribution in [-0.4, -0.2) is 31.7 Å². The minimum atomic E-state index is 0.617. The lowest BCUT2D eigenvalue weighted by molar-refractivity contribution is 0.416. The van der Waals surface area contributed by atoms with Crippen LogP contribution in [-0.2, 0) is 5.75 Å². The monoisotopic (exact) mass is 371 g/mol. The van der Waals surface area contributed by atoms with Gasteiger partial charge in [-0.25, -0.2) is 9.97 Å². The lowest BCUT2D eigenvalue weighted by Crippen LogP contribution is -1.89. The highest BCUT2D eigenvalue weighted by Crippen LogP contribution is 2.31. The van der Waals surface area contributed by atoms with Gasteiger partial charge in [0.1, 0.15) is 11.4 Å². The Morgan fingerprint density at radius 3 is 3.00 bits per heavy atom. The van der Waals surface area contributed by atoms with E-state index in [1.165, 1.54) is 11.8 Å². The van der Waals surface area contributed by atoms with Crippen molar-refractivity contribution in [3.05, 3.63) is 59.5 Å². The third-order valence-corrected chi connectivity index (χ3v) is 4.76. The molecule has 0 aliphatic heterocycles. The van der Waals surface area contributed by atoms with Crippen LogP contribution < -0.4 is 4.74 Å². The van der Waals surface area contributed by atoms with E-state index in [1.807, 2.05) is 41.1 Å². The summed E-state index contributed by atoms with van der Waals surface area (Å²) in [6, 6.07) is 11.3. The van der Waals surface area contributed by atoms with E-state index in [9.17, 15) is 0 Å². The van der Waals surface area contributed by atoms with E-state index in [1.54, 1.807) is 19.2 Å². The first-order valence-corrected chi connectivity index (χ1v) is 8.91. The molecule has 0 fully saturated rings. The van der Waals surface area contributed by atoms with Gasteiger partial charge in [-0.15, -0.1) is 5.10 Å². The predicted molar refractivity (Wildman–Crippen MR) is 98.1 cm³/mol. The number of halogens is 1. The van der Waals surface area contributed by atoms with Crippen LogP contribution in [0.1, 0.15) is 5.69 Å². The molecule has 0 unspecified atom stereocenters. The molecule has 0 spiro atoms. The van der Waals surface area contributed by atoms with Crippen LogP contribution >= 0.6 is 23.4 Å². The third kappa shape index (κ3) is 3.33. The Kier molecular flexibility index (Phi) is 4.33. The Labute approximate surface area is 153 Å². The van der Waals surface area contributed by atoms with Gasteiger partial charge in [-0.1, -0.05) is 29.4 Å². The van der Waals surface area contributed by atoms with Gasteiger partial charge in [0.05, 0.1) is 18.4 Å². The molecule has 0 saturated heterocycles. The lowest BCUT2D eigenvalue weighted by atomic mass is 10.2. The summed E-state index contributed by atoms with van der Waals surface area (Å²) in [7, 11) is 1.61. The number of ether oxygens (including phenoxy) is 1. The minimum Gasteiger partial charge on any atom is -0.496 e. The van der Waals surface area contributed by atoms with Crippen molar-refractivity contribution >= 4 is 29.0 Å². The molecule has 6 nitrogen and oxygen atoms in total. The number of H-pyrrole nitrogens is 1. The smallest absolute Gasteiger partial charge is 0.209 e. The summed E-state index contributed by atoms with van der Waals surface area (Å²) in [5, 5.41) is 8.46. The first kappa shape index (κ1) is 16.0. The molecular formula is C17H14ClN5OS. The van der Waals surface area contributed by atoms with Crippen LogP contribution in [0.4, 0.5) is 0 Å². The Morgan fingerprint density at radius 1 is 1.24 bits per heavy atom. The van der Waals surface area contributed by atoms with Crippen molar-refractivity contribution in [2.24, 2.45) is 0 Å². The van der Waals surface area contributed by atoms with Gasteiger partial charge in [0.2, 0.25) is 5.16 Å². The topological polar surface area (TPSA) is 68.1 Å². The number of pyridine rings is 1. The lowest BCUT2D eigenvalue weighted by Gasteiger charge is -2.05. The molecule has 4 aromatic rings. The highest BCUT2D eigenvalue weighted by molar-refractivity contribution is 7.98. The summed E-state index contributed by atoms with van der Waals surface area (Å²) in [5.74, 6) is 2.00. The van der Waals surface area contributed by atoms with Crippen molar-refractivity contribution in [2.45, 2.75) is 10.9 Å². The van der Waals surface area contributed by atoms with Gasteiger partial charge in [-0.05, 0) is 30.3 Å². The number of nitrogens with one attached hydrogen (secondary N) is 1. The molecule has 3 aromatic heterocycles. The summed E-state index contributed by atoms with van der Waals surface area (Å²) in [5.41, 5.74) is 2.68. The number of hydrogen-bond donors (Lipinski definition) is 1. The molecule has 25 heavy (non-hydrogen) atoms. The van der Waals surface area contributed by atoms with E-state index in [2.05, 4.69) is 20.2 Å². The van der Waals surface area contributed by atoms with Crippen molar-refractivity contribution in [2.75, 3.05) is 7.11 Å². The summed E-state index contributed by atoms with van der Waals surface area (Å²) in [6.45, 7) is 0. The fourth-order valence-electron chi connectivity index (χ4n) is 2.49. The number of rotatable bonds is 5. The zero-order valence-electron chi connectivity index (χ0n) is 13.3. The SMILES string of the molecule is COc1ccc(Cl)cc1-c1nc(SCc2cn3ccccc3n2)n[nH]1. The number of benzene rings is 1. The molecule has 0 radical (unpaired) electrons. The van der Waals surface area contributed by atoms with Crippen molar-refractivity contribution in [3.63, 3.8) is 0 Å². The molecule has 0 atom stereocenters.